The van der Waals surface area contributed by atoms with Gasteiger partial charge in [0, 0.05) is 0 Å². The van der Waals surface area contributed by atoms with Gasteiger partial charge in [-0.15, -0.1) is 0 Å². The molecule has 0 aromatic rings. The lowest BCUT2D eigenvalue weighted by Crippen LogP contribution is -2.34. The maximum atomic E-state index is 11.6. The van der Waals surface area contributed by atoms with Crippen molar-refractivity contribution in [2.75, 3.05) is 6.61 Å². The predicted molar refractivity (Wildman–Crippen MR) is 60.5 cm³/mol. The number of hydrogen-bond donors (Lipinski definition) is 1. The van der Waals surface area contributed by atoms with Gasteiger partial charge in [-0.1, -0.05) is 20.3 Å². The number of carbonyl (C=O) groups is 1. The Morgan fingerprint density at radius 3 is 2.27 bits per heavy atom. The highest BCUT2D eigenvalue weighted by Crippen LogP contribution is 2.20. The summed E-state index contributed by atoms with van der Waals surface area (Å²) >= 11 is 0. The van der Waals surface area contributed by atoms with Gasteiger partial charge >= 0.3 is 5.97 Å². The highest BCUT2D eigenvalue weighted by molar-refractivity contribution is 5.75. The Morgan fingerprint density at radius 1 is 1.40 bits per heavy atom. The summed E-state index contributed by atoms with van der Waals surface area (Å²) in [5.41, 5.74) is -0.501. The van der Waals surface area contributed by atoms with Crippen molar-refractivity contribution >= 4 is 5.97 Å². The molecule has 0 aromatic carbocycles. The van der Waals surface area contributed by atoms with Crippen molar-refractivity contribution in [1.82, 2.24) is 0 Å². The maximum absolute atomic E-state index is 11.6. The summed E-state index contributed by atoms with van der Waals surface area (Å²) in [5, 5.41) is 9.16. The minimum atomic E-state index is -0.501. The number of hydrogen-bond acceptors (Lipinski definition) is 3. The van der Waals surface area contributed by atoms with Crippen LogP contribution in [0.1, 0.15) is 47.5 Å². The SMILES string of the molecule is CCC[C@H](C)[C@@H](CO)OC(=O)C(C)(C)C. The zero-order chi connectivity index (χ0) is 12.1. The van der Waals surface area contributed by atoms with Crippen LogP contribution in [0.25, 0.3) is 0 Å². The Balaban J connectivity index is 4.27. The standard InChI is InChI=1S/C12H24O3/c1-6-7-9(2)10(8-13)15-11(14)12(3,4)5/h9-10,13H,6-8H2,1-5H3/t9-,10+/m0/s1. The van der Waals surface area contributed by atoms with Crippen molar-refractivity contribution in [3.63, 3.8) is 0 Å². The smallest absolute Gasteiger partial charge is 0.311 e. The number of esters is 1. The van der Waals surface area contributed by atoms with E-state index in [1.807, 2.05) is 27.7 Å². The number of aliphatic hydroxyl groups is 1. The molecular formula is C12H24O3. The van der Waals surface area contributed by atoms with Crippen LogP contribution in [0.2, 0.25) is 0 Å². The van der Waals surface area contributed by atoms with E-state index >= 15 is 0 Å². The van der Waals surface area contributed by atoms with Gasteiger partial charge < -0.3 is 9.84 Å². The number of aliphatic hydroxyl groups excluding tert-OH is 1. The molecule has 3 heteroatoms. The largest absolute Gasteiger partial charge is 0.459 e. The van der Waals surface area contributed by atoms with Crippen LogP contribution in [0.3, 0.4) is 0 Å². The van der Waals surface area contributed by atoms with E-state index in [1.165, 1.54) is 0 Å². The molecule has 15 heavy (non-hydrogen) atoms. The molecule has 2 atom stereocenters. The normalized spacial score (nSPS) is 15.9. The average Bonchev–Trinajstić information content (AvgIpc) is 2.12. The summed E-state index contributed by atoms with van der Waals surface area (Å²) in [4.78, 5) is 11.6. The van der Waals surface area contributed by atoms with E-state index in [1.54, 1.807) is 0 Å². The highest BCUT2D eigenvalue weighted by atomic mass is 16.6. The van der Waals surface area contributed by atoms with Gasteiger partial charge in [0.1, 0.15) is 6.10 Å². The first kappa shape index (κ1) is 14.4. The van der Waals surface area contributed by atoms with Crippen molar-refractivity contribution in [2.24, 2.45) is 11.3 Å². The van der Waals surface area contributed by atoms with Gasteiger partial charge in [0.25, 0.3) is 0 Å². The molecule has 0 saturated heterocycles. The highest BCUT2D eigenvalue weighted by Gasteiger charge is 2.28. The molecular weight excluding hydrogens is 192 g/mol. The quantitative estimate of drug-likeness (QED) is 0.718. The van der Waals surface area contributed by atoms with E-state index in [0.717, 1.165) is 12.8 Å². The number of ether oxygens (including phenoxy) is 1. The fraction of sp³-hybridized carbons (Fsp3) is 0.917. The molecule has 0 radical (unpaired) electrons. The molecule has 0 bridgehead atoms. The van der Waals surface area contributed by atoms with Crippen molar-refractivity contribution in [2.45, 2.75) is 53.6 Å². The third-order valence-electron chi connectivity index (χ3n) is 2.43. The lowest BCUT2D eigenvalue weighted by atomic mass is 9.96. The molecule has 0 amide bonds. The summed E-state index contributed by atoms with van der Waals surface area (Å²) in [5.74, 6) is -0.0317. The van der Waals surface area contributed by atoms with E-state index in [0.29, 0.717) is 0 Å². The van der Waals surface area contributed by atoms with E-state index in [2.05, 4.69) is 6.92 Å². The second-order valence-electron chi connectivity index (χ2n) is 5.14. The average molecular weight is 216 g/mol. The second-order valence-corrected chi connectivity index (χ2v) is 5.14. The molecule has 0 unspecified atom stereocenters. The lowest BCUT2D eigenvalue weighted by molar-refractivity contribution is -0.163. The summed E-state index contributed by atoms with van der Waals surface area (Å²) in [6.45, 7) is 9.43. The minimum Gasteiger partial charge on any atom is -0.459 e. The van der Waals surface area contributed by atoms with Crippen molar-refractivity contribution in [3.05, 3.63) is 0 Å². The molecule has 90 valence electrons. The van der Waals surface area contributed by atoms with Crippen molar-refractivity contribution < 1.29 is 14.6 Å². The predicted octanol–water partition coefficient (Wildman–Crippen LogP) is 2.37. The van der Waals surface area contributed by atoms with E-state index < -0.39 is 5.41 Å². The zero-order valence-electron chi connectivity index (χ0n) is 10.5. The second kappa shape index (κ2) is 6.11. The van der Waals surface area contributed by atoms with Gasteiger partial charge in [0.15, 0.2) is 0 Å². The van der Waals surface area contributed by atoms with Gasteiger partial charge in [0.05, 0.1) is 12.0 Å². The van der Waals surface area contributed by atoms with Gasteiger partial charge in [-0.2, -0.15) is 0 Å². The topological polar surface area (TPSA) is 46.5 Å². The Kier molecular flexibility index (Phi) is 5.88. The number of rotatable bonds is 5. The maximum Gasteiger partial charge on any atom is 0.311 e. The van der Waals surface area contributed by atoms with Crippen LogP contribution in [-0.4, -0.2) is 23.8 Å². The molecule has 0 saturated carbocycles. The van der Waals surface area contributed by atoms with Crippen LogP contribution >= 0.6 is 0 Å². The lowest BCUT2D eigenvalue weighted by Gasteiger charge is -2.26. The fourth-order valence-corrected chi connectivity index (χ4v) is 1.29. The number of carbonyl (C=O) groups excluding carboxylic acids is 1. The first-order valence-corrected chi connectivity index (χ1v) is 5.64. The summed E-state index contributed by atoms with van der Waals surface area (Å²) in [6.07, 6.45) is 1.63. The molecule has 1 N–H and O–H groups in total. The fourth-order valence-electron chi connectivity index (χ4n) is 1.29. The van der Waals surface area contributed by atoms with Crippen LogP contribution in [0, 0.1) is 11.3 Å². The van der Waals surface area contributed by atoms with Crippen LogP contribution in [0.4, 0.5) is 0 Å². The summed E-state index contributed by atoms with van der Waals surface area (Å²) in [7, 11) is 0. The van der Waals surface area contributed by atoms with E-state index in [-0.39, 0.29) is 24.6 Å². The van der Waals surface area contributed by atoms with Crippen molar-refractivity contribution in [3.8, 4) is 0 Å². The first-order chi connectivity index (χ1) is 6.82. The van der Waals surface area contributed by atoms with Crippen LogP contribution in [0.15, 0.2) is 0 Å². The summed E-state index contributed by atoms with van der Waals surface area (Å²) < 4.78 is 5.29. The molecule has 0 aliphatic rings. The van der Waals surface area contributed by atoms with Crippen molar-refractivity contribution in [1.29, 1.82) is 0 Å². The molecule has 0 aliphatic carbocycles. The molecule has 0 aliphatic heterocycles. The molecule has 0 aromatic heterocycles. The molecule has 0 fully saturated rings. The summed E-state index contributed by atoms with van der Waals surface area (Å²) in [6, 6.07) is 0. The van der Waals surface area contributed by atoms with Gasteiger partial charge in [0.2, 0.25) is 0 Å². The van der Waals surface area contributed by atoms with Gasteiger partial charge in [-0.3, -0.25) is 4.79 Å². The Morgan fingerprint density at radius 2 is 1.93 bits per heavy atom. The Labute approximate surface area is 92.8 Å². The van der Waals surface area contributed by atoms with E-state index in [9.17, 15) is 4.79 Å². The van der Waals surface area contributed by atoms with Crippen LogP contribution < -0.4 is 0 Å². The molecule has 0 heterocycles. The first-order valence-electron chi connectivity index (χ1n) is 5.64. The van der Waals surface area contributed by atoms with Crippen LogP contribution in [-0.2, 0) is 9.53 Å². The molecule has 0 rings (SSSR count). The Hall–Kier alpha value is -0.570. The molecule has 0 spiro atoms. The molecule has 3 nitrogen and oxygen atoms in total. The van der Waals surface area contributed by atoms with Gasteiger partial charge in [-0.05, 0) is 33.1 Å². The third-order valence-corrected chi connectivity index (χ3v) is 2.43. The monoisotopic (exact) mass is 216 g/mol. The third kappa shape index (κ3) is 5.17. The minimum absolute atomic E-state index is 0.0943. The van der Waals surface area contributed by atoms with Gasteiger partial charge in [-0.25, -0.2) is 0 Å². The zero-order valence-corrected chi connectivity index (χ0v) is 10.5. The van der Waals surface area contributed by atoms with Crippen LogP contribution in [0.5, 0.6) is 0 Å². The van der Waals surface area contributed by atoms with E-state index in [4.69, 9.17) is 9.84 Å². The Bertz CT molecular complexity index is 194.